The number of aryl methyl sites for hydroxylation is 1. The zero-order valence-electron chi connectivity index (χ0n) is 17.3. The van der Waals surface area contributed by atoms with E-state index in [9.17, 15) is 4.39 Å². The molecule has 0 saturated carbocycles. The van der Waals surface area contributed by atoms with Crippen molar-refractivity contribution >= 4 is 0 Å². The van der Waals surface area contributed by atoms with Crippen LogP contribution in [0.2, 0.25) is 0 Å². The number of ether oxygens (including phenoxy) is 2. The van der Waals surface area contributed by atoms with Crippen molar-refractivity contribution in [2.75, 3.05) is 20.2 Å². The van der Waals surface area contributed by atoms with Gasteiger partial charge in [0.15, 0.2) is 11.6 Å². The van der Waals surface area contributed by atoms with Gasteiger partial charge in [0.2, 0.25) is 5.89 Å². The molecule has 0 spiro atoms. The van der Waals surface area contributed by atoms with Crippen molar-refractivity contribution in [1.82, 2.24) is 14.9 Å². The van der Waals surface area contributed by atoms with Gasteiger partial charge in [-0.1, -0.05) is 6.07 Å². The maximum atomic E-state index is 13.7. The van der Waals surface area contributed by atoms with Crippen molar-refractivity contribution in [1.29, 1.82) is 0 Å². The van der Waals surface area contributed by atoms with Gasteiger partial charge in [0, 0.05) is 31.4 Å². The van der Waals surface area contributed by atoms with Crippen LogP contribution in [0.1, 0.15) is 30.0 Å². The summed E-state index contributed by atoms with van der Waals surface area (Å²) >= 11 is 0. The van der Waals surface area contributed by atoms with Crippen molar-refractivity contribution in [3.05, 3.63) is 65.6 Å². The predicted molar refractivity (Wildman–Crippen MR) is 111 cm³/mol. The third kappa shape index (κ3) is 4.86. The molecule has 3 heterocycles. The summed E-state index contributed by atoms with van der Waals surface area (Å²) in [5.74, 6) is 1.03. The number of oxazole rings is 1. The van der Waals surface area contributed by atoms with E-state index in [1.165, 1.54) is 13.2 Å². The molecule has 30 heavy (non-hydrogen) atoms. The van der Waals surface area contributed by atoms with E-state index in [1.807, 2.05) is 25.1 Å². The highest BCUT2D eigenvalue weighted by molar-refractivity contribution is 5.56. The van der Waals surface area contributed by atoms with E-state index in [-0.39, 0.29) is 11.9 Å². The Labute approximate surface area is 175 Å². The molecule has 0 unspecified atom stereocenters. The molecule has 0 bridgehead atoms. The summed E-state index contributed by atoms with van der Waals surface area (Å²) in [6, 6.07) is 10.5. The van der Waals surface area contributed by atoms with Crippen LogP contribution in [-0.2, 0) is 17.9 Å². The number of likely N-dealkylation sites (tertiary alicyclic amines) is 1. The number of pyridine rings is 1. The molecular formula is C23H26FN3O3. The summed E-state index contributed by atoms with van der Waals surface area (Å²) in [6.45, 7) is 5.08. The van der Waals surface area contributed by atoms with Gasteiger partial charge in [0.05, 0.1) is 31.2 Å². The second kappa shape index (κ2) is 9.36. The molecule has 7 heteroatoms. The van der Waals surface area contributed by atoms with Gasteiger partial charge in [-0.3, -0.25) is 9.88 Å². The monoisotopic (exact) mass is 411 g/mol. The molecule has 0 atom stereocenters. The molecule has 6 nitrogen and oxygen atoms in total. The van der Waals surface area contributed by atoms with Gasteiger partial charge in [0.25, 0.3) is 0 Å². The average molecular weight is 411 g/mol. The number of halogens is 1. The summed E-state index contributed by atoms with van der Waals surface area (Å²) in [5, 5.41) is 0. The Hall–Kier alpha value is -2.77. The largest absolute Gasteiger partial charge is 0.494 e. The van der Waals surface area contributed by atoms with Crippen LogP contribution in [0, 0.1) is 12.7 Å². The van der Waals surface area contributed by atoms with Crippen LogP contribution < -0.4 is 4.74 Å². The second-order valence-corrected chi connectivity index (χ2v) is 7.48. The number of rotatable bonds is 7. The van der Waals surface area contributed by atoms with Crippen LogP contribution in [0.25, 0.3) is 11.5 Å². The maximum Gasteiger partial charge on any atom is 0.226 e. The fourth-order valence-electron chi connectivity index (χ4n) is 3.62. The highest BCUT2D eigenvalue weighted by Crippen LogP contribution is 2.28. The summed E-state index contributed by atoms with van der Waals surface area (Å²) in [4.78, 5) is 11.3. The minimum absolute atomic E-state index is 0.178. The van der Waals surface area contributed by atoms with Crippen LogP contribution in [-0.4, -0.2) is 41.2 Å². The first-order chi connectivity index (χ1) is 14.6. The molecule has 0 radical (unpaired) electrons. The van der Waals surface area contributed by atoms with E-state index < -0.39 is 5.82 Å². The van der Waals surface area contributed by atoms with E-state index in [0.29, 0.717) is 18.1 Å². The lowest BCUT2D eigenvalue weighted by molar-refractivity contribution is -0.00546. The van der Waals surface area contributed by atoms with Crippen LogP contribution >= 0.6 is 0 Å². The van der Waals surface area contributed by atoms with Gasteiger partial charge in [0.1, 0.15) is 5.76 Å². The zero-order chi connectivity index (χ0) is 20.9. The van der Waals surface area contributed by atoms with Crippen LogP contribution in [0.5, 0.6) is 5.75 Å². The van der Waals surface area contributed by atoms with Crippen LogP contribution in [0.3, 0.4) is 0 Å². The maximum absolute atomic E-state index is 13.7. The number of hydrogen-bond acceptors (Lipinski definition) is 6. The fraction of sp³-hybridized carbons (Fsp3) is 0.391. The number of hydrogen-bond donors (Lipinski definition) is 0. The van der Waals surface area contributed by atoms with E-state index >= 15 is 0 Å². The van der Waals surface area contributed by atoms with Gasteiger partial charge in [-0.2, -0.15) is 0 Å². The van der Waals surface area contributed by atoms with Gasteiger partial charge < -0.3 is 13.9 Å². The van der Waals surface area contributed by atoms with Gasteiger partial charge in [-0.15, -0.1) is 0 Å². The molecule has 1 aromatic carbocycles. The quantitative estimate of drug-likeness (QED) is 0.575. The first-order valence-electron chi connectivity index (χ1n) is 10.2. The second-order valence-electron chi connectivity index (χ2n) is 7.48. The Morgan fingerprint density at radius 1 is 1.20 bits per heavy atom. The highest BCUT2D eigenvalue weighted by Gasteiger charge is 2.22. The molecule has 0 aliphatic carbocycles. The standard InChI is InChI=1S/C23H26FN3O3/c1-16-21(26-23(30-16)17-6-7-20(24)22(13-17)28-2)14-27-11-8-19(9-12-27)29-15-18-5-3-4-10-25-18/h3-7,10,13,19H,8-9,11-12,14-15H2,1-2H3. The van der Waals surface area contributed by atoms with E-state index in [0.717, 1.165) is 49.6 Å². The average Bonchev–Trinajstić information content (AvgIpc) is 3.14. The summed E-state index contributed by atoms with van der Waals surface area (Å²) in [7, 11) is 1.44. The predicted octanol–water partition coefficient (Wildman–Crippen LogP) is 4.37. The van der Waals surface area contributed by atoms with Crippen LogP contribution in [0.15, 0.2) is 47.0 Å². The molecule has 158 valence electrons. The third-order valence-electron chi connectivity index (χ3n) is 5.39. The lowest BCUT2D eigenvalue weighted by atomic mass is 10.1. The molecule has 2 aromatic heterocycles. The Bertz CT molecular complexity index is 969. The molecule has 1 aliphatic rings. The van der Waals surface area contributed by atoms with Crippen molar-refractivity contribution in [2.24, 2.45) is 0 Å². The first kappa shape index (κ1) is 20.5. The number of aromatic nitrogens is 2. The first-order valence-corrected chi connectivity index (χ1v) is 10.2. The number of benzene rings is 1. The van der Waals surface area contributed by atoms with E-state index in [2.05, 4.69) is 14.9 Å². The van der Waals surface area contributed by atoms with E-state index in [4.69, 9.17) is 13.9 Å². The Kier molecular flexibility index (Phi) is 6.40. The molecule has 0 amide bonds. The van der Waals surface area contributed by atoms with E-state index in [1.54, 1.807) is 18.3 Å². The Balaban J connectivity index is 1.32. The van der Waals surface area contributed by atoms with Crippen molar-refractivity contribution < 1.29 is 18.3 Å². The third-order valence-corrected chi connectivity index (χ3v) is 5.39. The number of piperidine rings is 1. The highest BCUT2D eigenvalue weighted by atomic mass is 19.1. The topological polar surface area (TPSA) is 60.6 Å². The van der Waals surface area contributed by atoms with Crippen LogP contribution in [0.4, 0.5) is 4.39 Å². The van der Waals surface area contributed by atoms with Gasteiger partial charge >= 0.3 is 0 Å². The molecule has 3 aromatic rings. The SMILES string of the molecule is COc1cc(-c2nc(CN3CCC(OCc4ccccn4)CC3)c(C)o2)ccc1F. The normalized spacial score (nSPS) is 15.4. The molecule has 1 aliphatic heterocycles. The summed E-state index contributed by atoms with van der Waals surface area (Å²) in [6.07, 6.45) is 4.00. The lowest BCUT2D eigenvalue weighted by Gasteiger charge is -2.31. The lowest BCUT2D eigenvalue weighted by Crippen LogP contribution is -2.36. The molecular weight excluding hydrogens is 385 g/mol. The minimum Gasteiger partial charge on any atom is -0.494 e. The molecule has 0 N–H and O–H groups in total. The molecule has 1 saturated heterocycles. The number of methoxy groups -OCH3 is 1. The molecule has 4 rings (SSSR count). The van der Waals surface area contributed by atoms with Crippen molar-refractivity contribution in [3.63, 3.8) is 0 Å². The Morgan fingerprint density at radius 2 is 2.03 bits per heavy atom. The summed E-state index contributed by atoms with van der Waals surface area (Å²) in [5.41, 5.74) is 2.56. The number of nitrogens with zero attached hydrogens (tertiary/aromatic N) is 3. The van der Waals surface area contributed by atoms with Gasteiger partial charge in [-0.25, -0.2) is 9.37 Å². The minimum atomic E-state index is -0.405. The van der Waals surface area contributed by atoms with Crippen molar-refractivity contribution in [3.8, 4) is 17.2 Å². The fourth-order valence-corrected chi connectivity index (χ4v) is 3.62. The van der Waals surface area contributed by atoms with Gasteiger partial charge in [-0.05, 0) is 50.1 Å². The summed E-state index contributed by atoms with van der Waals surface area (Å²) < 4.78 is 30.6. The Morgan fingerprint density at radius 3 is 2.77 bits per heavy atom. The zero-order valence-corrected chi connectivity index (χ0v) is 17.3. The molecule has 1 fully saturated rings. The van der Waals surface area contributed by atoms with Crippen molar-refractivity contribution in [2.45, 2.75) is 39.0 Å². The smallest absolute Gasteiger partial charge is 0.226 e.